The molecule has 4 heteroatoms. The van der Waals surface area contributed by atoms with Crippen molar-refractivity contribution in [2.75, 3.05) is 0 Å². The number of nitrogens with one attached hydrogen (secondary N) is 1. The number of rotatable bonds is 1. The highest BCUT2D eigenvalue weighted by atomic mass is 35.5. The zero-order chi connectivity index (χ0) is 9.97. The van der Waals surface area contributed by atoms with Gasteiger partial charge in [0, 0.05) is 6.20 Å². The summed E-state index contributed by atoms with van der Waals surface area (Å²) >= 11 is 11.7. The Labute approximate surface area is 92.2 Å². The van der Waals surface area contributed by atoms with Crippen LogP contribution in [0.2, 0.25) is 10.0 Å². The summed E-state index contributed by atoms with van der Waals surface area (Å²) in [6.45, 7) is 0. The normalized spacial score (nSPS) is 19.4. The van der Waals surface area contributed by atoms with E-state index in [2.05, 4.69) is 10.3 Å². The van der Waals surface area contributed by atoms with Gasteiger partial charge in [-0.3, -0.25) is 0 Å². The fourth-order valence-corrected chi connectivity index (χ4v) is 1.58. The van der Waals surface area contributed by atoms with Crippen LogP contribution in [0, 0.1) is 0 Å². The maximum atomic E-state index is 5.92. The van der Waals surface area contributed by atoms with Crippen LogP contribution in [0.15, 0.2) is 35.5 Å². The summed E-state index contributed by atoms with van der Waals surface area (Å²) in [5.74, 6) is 0. The Bertz CT molecular complexity index is 399. The van der Waals surface area contributed by atoms with Gasteiger partial charge in [-0.1, -0.05) is 29.3 Å². The highest BCUT2D eigenvalue weighted by Crippen LogP contribution is 2.26. The van der Waals surface area contributed by atoms with E-state index >= 15 is 0 Å². The Balaban J connectivity index is 2.28. The molecular weight excluding hydrogens is 219 g/mol. The second-order valence-electron chi connectivity index (χ2n) is 2.94. The van der Waals surface area contributed by atoms with Crippen molar-refractivity contribution in [2.45, 2.75) is 6.04 Å². The van der Waals surface area contributed by atoms with Crippen molar-refractivity contribution < 1.29 is 0 Å². The minimum Gasteiger partial charge on any atom is -0.366 e. The first-order valence-corrected chi connectivity index (χ1v) is 4.92. The number of hydrogen-bond donors (Lipinski definition) is 1. The maximum absolute atomic E-state index is 5.92. The van der Waals surface area contributed by atoms with Crippen molar-refractivity contribution >= 4 is 29.5 Å². The van der Waals surface area contributed by atoms with Crippen LogP contribution in [0.25, 0.3) is 0 Å². The third-order valence-corrected chi connectivity index (χ3v) is 2.74. The zero-order valence-corrected chi connectivity index (χ0v) is 8.76. The Hall–Kier alpha value is -0.990. The fraction of sp³-hybridized carbons (Fsp3) is 0.100. The standard InChI is InChI=1S/C10H8Cl2N2/c11-8-2-1-7(5-9(8)12)10-3-4-13-6-14-10/h1-6,10H,(H,13,14). The van der Waals surface area contributed by atoms with E-state index < -0.39 is 0 Å². The van der Waals surface area contributed by atoms with Crippen LogP contribution in [0.1, 0.15) is 11.6 Å². The number of benzene rings is 1. The van der Waals surface area contributed by atoms with Crippen LogP contribution in [0.3, 0.4) is 0 Å². The zero-order valence-electron chi connectivity index (χ0n) is 7.24. The molecule has 1 aliphatic rings. The van der Waals surface area contributed by atoms with Crippen LogP contribution >= 0.6 is 23.2 Å². The third kappa shape index (κ3) is 1.91. The lowest BCUT2D eigenvalue weighted by atomic mass is 10.1. The average molecular weight is 227 g/mol. The van der Waals surface area contributed by atoms with E-state index in [9.17, 15) is 0 Å². The van der Waals surface area contributed by atoms with Gasteiger partial charge in [0.1, 0.15) is 0 Å². The van der Waals surface area contributed by atoms with Gasteiger partial charge in [-0.2, -0.15) is 0 Å². The quantitative estimate of drug-likeness (QED) is 0.782. The summed E-state index contributed by atoms with van der Waals surface area (Å²) in [5, 5.41) is 4.25. The predicted octanol–water partition coefficient (Wildman–Crippen LogP) is 3.18. The minimum absolute atomic E-state index is 0.127. The van der Waals surface area contributed by atoms with Crippen LogP contribution in [-0.4, -0.2) is 6.34 Å². The summed E-state index contributed by atoms with van der Waals surface area (Å²) in [6.07, 6.45) is 5.37. The summed E-state index contributed by atoms with van der Waals surface area (Å²) in [5.41, 5.74) is 1.07. The lowest BCUT2D eigenvalue weighted by molar-refractivity contribution is 0.790. The van der Waals surface area contributed by atoms with Gasteiger partial charge < -0.3 is 5.32 Å². The van der Waals surface area contributed by atoms with Crippen LogP contribution in [-0.2, 0) is 0 Å². The monoisotopic (exact) mass is 226 g/mol. The van der Waals surface area contributed by atoms with E-state index in [-0.39, 0.29) is 6.04 Å². The van der Waals surface area contributed by atoms with Gasteiger partial charge in [0.2, 0.25) is 0 Å². The molecule has 1 N–H and O–H groups in total. The molecule has 1 aromatic rings. The van der Waals surface area contributed by atoms with E-state index in [0.717, 1.165) is 5.56 Å². The summed E-state index contributed by atoms with van der Waals surface area (Å²) in [6, 6.07) is 5.71. The topological polar surface area (TPSA) is 24.4 Å². The second kappa shape index (κ2) is 4.03. The van der Waals surface area contributed by atoms with Crippen LogP contribution in [0.4, 0.5) is 0 Å². The molecule has 2 nitrogen and oxygen atoms in total. The number of halogens is 2. The molecule has 1 atom stereocenters. The number of nitrogens with zero attached hydrogens (tertiary/aromatic N) is 1. The Kier molecular flexibility index (Phi) is 2.75. The second-order valence-corrected chi connectivity index (χ2v) is 3.75. The summed E-state index contributed by atoms with van der Waals surface area (Å²) in [4.78, 5) is 3.92. The molecule has 0 spiro atoms. The van der Waals surface area contributed by atoms with Crippen LogP contribution < -0.4 is 5.32 Å². The SMILES string of the molecule is Clc1ccc(C2C=CN=CN2)cc1Cl. The first-order valence-electron chi connectivity index (χ1n) is 4.17. The van der Waals surface area contributed by atoms with Crippen molar-refractivity contribution in [1.82, 2.24) is 5.32 Å². The first kappa shape index (κ1) is 9.56. The van der Waals surface area contributed by atoms with Gasteiger partial charge in [-0.05, 0) is 23.8 Å². The van der Waals surface area contributed by atoms with Gasteiger partial charge in [0.05, 0.1) is 22.4 Å². The van der Waals surface area contributed by atoms with E-state index in [4.69, 9.17) is 23.2 Å². The molecule has 1 heterocycles. The molecule has 0 saturated carbocycles. The molecule has 0 radical (unpaired) electrons. The van der Waals surface area contributed by atoms with Crippen molar-refractivity contribution in [2.24, 2.45) is 4.99 Å². The molecule has 0 bridgehead atoms. The minimum atomic E-state index is 0.127. The smallest absolute Gasteiger partial charge is 0.0886 e. The molecule has 72 valence electrons. The van der Waals surface area contributed by atoms with Crippen molar-refractivity contribution in [3.05, 3.63) is 46.1 Å². The molecule has 2 rings (SSSR count). The lowest BCUT2D eigenvalue weighted by Crippen LogP contribution is -2.19. The molecule has 0 amide bonds. The van der Waals surface area contributed by atoms with Gasteiger partial charge in [-0.15, -0.1) is 0 Å². The molecule has 1 aromatic carbocycles. The fourth-order valence-electron chi connectivity index (χ4n) is 1.27. The molecular formula is C10H8Cl2N2. The molecule has 14 heavy (non-hydrogen) atoms. The Morgan fingerprint density at radius 3 is 2.71 bits per heavy atom. The van der Waals surface area contributed by atoms with Gasteiger partial charge in [0.15, 0.2) is 0 Å². The molecule has 0 saturated heterocycles. The van der Waals surface area contributed by atoms with E-state index in [0.29, 0.717) is 10.0 Å². The van der Waals surface area contributed by atoms with Crippen molar-refractivity contribution in [3.8, 4) is 0 Å². The van der Waals surface area contributed by atoms with E-state index in [1.54, 1.807) is 18.6 Å². The van der Waals surface area contributed by atoms with Gasteiger partial charge in [0.25, 0.3) is 0 Å². The van der Waals surface area contributed by atoms with Gasteiger partial charge >= 0.3 is 0 Å². The van der Waals surface area contributed by atoms with E-state index in [1.807, 2.05) is 18.2 Å². The first-order chi connectivity index (χ1) is 6.77. The molecule has 0 aliphatic carbocycles. The number of aliphatic imine (C=N–C) groups is 1. The van der Waals surface area contributed by atoms with E-state index in [1.165, 1.54) is 0 Å². The Morgan fingerprint density at radius 2 is 2.07 bits per heavy atom. The number of hydrogen-bond acceptors (Lipinski definition) is 2. The Morgan fingerprint density at radius 1 is 1.21 bits per heavy atom. The molecule has 0 fully saturated rings. The average Bonchev–Trinajstić information content (AvgIpc) is 2.23. The van der Waals surface area contributed by atoms with Crippen molar-refractivity contribution in [1.29, 1.82) is 0 Å². The largest absolute Gasteiger partial charge is 0.366 e. The lowest BCUT2D eigenvalue weighted by Gasteiger charge is -2.15. The van der Waals surface area contributed by atoms with Crippen molar-refractivity contribution in [3.63, 3.8) is 0 Å². The highest BCUT2D eigenvalue weighted by Gasteiger charge is 2.09. The maximum Gasteiger partial charge on any atom is 0.0886 e. The molecule has 1 unspecified atom stereocenters. The third-order valence-electron chi connectivity index (χ3n) is 2.00. The highest BCUT2D eigenvalue weighted by molar-refractivity contribution is 6.42. The molecule has 1 aliphatic heterocycles. The summed E-state index contributed by atoms with van der Waals surface area (Å²) in [7, 11) is 0. The molecule has 0 aromatic heterocycles. The van der Waals surface area contributed by atoms with Crippen LogP contribution in [0.5, 0.6) is 0 Å². The summed E-state index contributed by atoms with van der Waals surface area (Å²) < 4.78 is 0. The predicted molar refractivity (Wildman–Crippen MR) is 60.0 cm³/mol. The van der Waals surface area contributed by atoms with Gasteiger partial charge in [-0.25, -0.2) is 4.99 Å².